The van der Waals surface area contributed by atoms with Crippen LogP contribution in [-0.2, 0) is 11.2 Å². The van der Waals surface area contributed by atoms with Crippen LogP contribution in [0.4, 0.5) is 6.01 Å². The van der Waals surface area contributed by atoms with E-state index in [0.717, 1.165) is 22.2 Å². The summed E-state index contributed by atoms with van der Waals surface area (Å²) in [6, 6.07) is 8.04. The van der Waals surface area contributed by atoms with Crippen molar-refractivity contribution in [1.29, 1.82) is 0 Å². The first-order chi connectivity index (χ1) is 9.63. The van der Waals surface area contributed by atoms with Gasteiger partial charge in [-0.3, -0.25) is 10.1 Å². The molecule has 102 valence electrons. The summed E-state index contributed by atoms with van der Waals surface area (Å²) in [4.78, 5) is 19.2. The number of hydrogen-bond acceptors (Lipinski definition) is 4. The molecule has 0 aliphatic carbocycles. The number of nitrogens with zero attached hydrogens (tertiary/aromatic N) is 2. The van der Waals surface area contributed by atoms with E-state index in [1.165, 1.54) is 0 Å². The van der Waals surface area contributed by atoms with E-state index in [0.29, 0.717) is 5.82 Å². The molecule has 1 amide bonds. The van der Waals surface area contributed by atoms with Gasteiger partial charge in [0.1, 0.15) is 0 Å². The van der Waals surface area contributed by atoms with Gasteiger partial charge in [-0.1, -0.05) is 23.4 Å². The normalized spacial score (nSPS) is 10.9. The van der Waals surface area contributed by atoms with E-state index < -0.39 is 0 Å². The Labute approximate surface area is 115 Å². The molecule has 2 heterocycles. The lowest BCUT2D eigenvalue weighted by Gasteiger charge is -2.01. The molecule has 1 aromatic carbocycles. The number of fused-ring (bicyclic) bond motifs is 1. The third kappa shape index (κ3) is 2.27. The van der Waals surface area contributed by atoms with Crippen LogP contribution >= 0.6 is 0 Å². The predicted molar refractivity (Wildman–Crippen MR) is 74.4 cm³/mol. The summed E-state index contributed by atoms with van der Waals surface area (Å²) in [5.74, 6) is 0.310. The van der Waals surface area contributed by atoms with Crippen LogP contribution in [0, 0.1) is 13.8 Å². The minimum Gasteiger partial charge on any atom is -0.358 e. The Morgan fingerprint density at radius 2 is 2.15 bits per heavy atom. The monoisotopic (exact) mass is 270 g/mol. The number of carbonyl (C=O) groups is 1. The molecule has 0 atom stereocenters. The van der Waals surface area contributed by atoms with E-state index in [4.69, 9.17) is 4.52 Å². The minimum atomic E-state index is -0.179. The molecule has 3 aromatic rings. The molecule has 6 nitrogen and oxygen atoms in total. The van der Waals surface area contributed by atoms with Crippen LogP contribution in [0.2, 0.25) is 0 Å². The average molecular weight is 270 g/mol. The van der Waals surface area contributed by atoms with Crippen molar-refractivity contribution in [2.45, 2.75) is 20.3 Å². The molecule has 0 fully saturated rings. The second-order valence-electron chi connectivity index (χ2n) is 4.65. The number of benzene rings is 1. The van der Waals surface area contributed by atoms with Crippen LogP contribution < -0.4 is 5.32 Å². The fraction of sp³-hybridized carbons (Fsp3) is 0.214. The third-order valence-electron chi connectivity index (χ3n) is 3.14. The highest BCUT2D eigenvalue weighted by molar-refractivity contribution is 5.95. The predicted octanol–water partition coefficient (Wildman–Crippen LogP) is 2.35. The molecule has 2 N–H and O–H groups in total. The van der Waals surface area contributed by atoms with Gasteiger partial charge in [0.2, 0.25) is 5.91 Å². The van der Waals surface area contributed by atoms with Gasteiger partial charge in [-0.25, -0.2) is 0 Å². The quantitative estimate of drug-likeness (QED) is 0.765. The Kier molecular flexibility index (Phi) is 2.98. The summed E-state index contributed by atoms with van der Waals surface area (Å²) in [5, 5.41) is 7.28. The summed E-state index contributed by atoms with van der Waals surface area (Å²) in [5.41, 5.74) is 3.00. The average Bonchev–Trinajstić information content (AvgIpc) is 2.94. The van der Waals surface area contributed by atoms with Gasteiger partial charge in [0, 0.05) is 16.6 Å². The molecule has 0 aliphatic heterocycles. The minimum absolute atomic E-state index is 0.130. The zero-order chi connectivity index (χ0) is 14.1. The number of anilines is 1. The summed E-state index contributed by atoms with van der Waals surface area (Å²) >= 11 is 0. The molecule has 0 spiro atoms. The van der Waals surface area contributed by atoms with Gasteiger partial charge in [-0.05, 0) is 25.5 Å². The van der Waals surface area contributed by atoms with E-state index in [1.807, 2.05) is 31.2 Å². The molecule has 0 unspecified atom stereocenters. The summed E-state index contributed by atoms with van der Waals surface area (Å²) < 4.78 is 4.87. The maximum absolute atomic E-state index is 12.0. The van der Waals surface area contributed by atoms with Crippen LogP contribution in [0.15, 0.2) is 28.8 Å². The smallest absolute Gasteiger partial charge is 0.328 e. The molecule has 0 aliphatic rings. The molecular formula is C14H14N4O2. The number of para-hydroxylation sites is 1. The molecule has 6 heteroatoms. The van der Waals surface area contributed by atoms with Crippen molar-refractivity contribution in [2.24, 2.45) is 0 Å². The van der Waals surface area contributed by atoms with E-state index in [9.17, 15) is 4.79 Å². The number of aromatic nitrogens is 3. The van der Waals surface area contributed by atoms with Crippen LogP contribution in [-0.4, -0.2) is 21.0 Å². The second-order valence-corrected chi connectivity index (χ2v) is 4.65. The number of carbonyl (C=O) groups excluding carboxylic acids is 1. The number of nitrogens with one attached hydrogen (secondary N) is 2. The van der Waals surface area contributed by atoms with Gasteiger partial charge < -0.3 is 9.51 Å². The van der Waals surface area contributed by atoms with Crippen molar-refractivity contribution in [3.63, 3.8) is 0 Å². The molecule has 0 radical (unpaired) electrons. The fourth-order valence-electron chi connectivity index (χ4n) is 2.23. The first-order valence-electron chi connectivity index (χ1n) is 6.30. The van der Waals surface area contributed by atoms with Crippen molar-refractivity contribution in [3.05, 3.63) is 41.3 Å². The van der Waals surface area contributed by atoms with Gasteiger partial charge in [-0.15, -0.1) is 0 Å². The maximum Gasteiger partial charge on any atom is 0.328 e. The Morgan fingerprint density at radius 3 is 2.90 bits per heavy atom. The number of amides is 1. The van der Waals surface area contributed by atoms with E-state index in [1.54, 1.807) is 6.92 Å². The Bertz CT molecular complexity index is 772. The number of rotatable bonds is 3. The SMILES string of the molecule is Cc1noc(NC(=O)Cc2c(C)[nH]c3ccccc23)n1. The number of aromatic amines is 1. The number of hydrogen-bond donors (Lipinski definition) is 2. The molecule has 20 heavy (non-hydrogen) atoms. The Hall–Kier alpha value is -2.63. The third-order valence-corrected chi connectivity index (χ3v) is 3.14. The van der Waals surface area contributed by atoms with Gasteiger partial charge in [-0.2, -0.15) is 4.98 Å². The first-order valence-corrected chi connectivity index (χ1v) is 6.30. The van der Waals surface area contributed by atoms with E-state index >= 15 is 0 Å². The van der Waals surface area contributed by atoms with Crippen LogP contribution in [0.1, 0.15) is 17.1 Å². The highest BCUT2D eigenvalue weighted by atomic mass is 16.5. The van der Waals surface area contributed by atoms with Crippen LogP contribution in [0.3, 0.4) is 0 Å². The largest absolute Gasteiger partial charge is 0.358 e. The van der Waals surface area contributed by atoms with E-state index in [-0.39, 0.29) is 18.3 Å². The Balaban J connectivity index is 1.82. The maximum atomic E-state index is 12.0. The molecule has 0 saturated carbocycles. The zero-order valence-electron chi connectivity index (χ0n) is 11.2. The number of H-pyrrole nitrogens is 1. The topological polar surface area (TPSA) is 83.8 Å². The summed E-state index contributed by atoms with van der Waals surface area (Å²) in [6.07, 6.45) is 0.261. The van der Waals surface area contributed by atoms with Gasteiger partial charge in [0.25, 0.3) is 0 Å². The highest BCUT2D eigenvalue weighted by Crippen LogP contribution is 2.22. The molecular weight excluding hydrogens is 256 g/mol. The fourth-order valence-corrected chi connectivity index (χ4v) is 2.23. The first kappa shape index (κ1) is 12.4. The van der Waals surface area contributed by atoms with Crippen molar-refractivity contribution < 1.29 is 9.32 Å². The van der Waals surface area contributed by atoms with Crippen LogP contribution in [0.5, 0.6) is 0 Å². The summed E-state index contributed by atoms with van der Waals surface area (Å²) in [7, 11) is 0. The lowest BCUT2D eigenvalue weighted by molar-refractivity contribution is -0.115. The lowest BCUT2D eigenvalue weighted by atomic mass is 10.1. The van der Waals surface area contributed by atoms with E-state index in [2.05, 4.69) is 20.4 Å². The standard InChI is InChI=1S/C14H14N4O2/c1-8-11(10-5-3-4-6-12(10)15-8)7-13(19)17-14-16-9(2)18-20-14/h3-6,15H,7H2,1-2H3,(H,16,17,18,19). The van der Waals surface area contributed by atoms with Crippen molar-refractivity contribution in [1.82, 2.24) is 15.1 Å². The summed E-state index contributed by atoms with van der Waals surface area (Å²) in [6.45, 7) is 3.66. The van der Waals surface area contributed by atoms with Crippen molar-refractivity contribution in [2.75, 3.05) is 5.32 Å². The second kappa shape index (κ2) is 4.80. The van der Waals surface area contributed by atoms with Crippen molar-refractivity contribution in [3.8, 4) is 0 Å². The van der Waals surface area contributed by atoms with Gasteiger partial charge >= 0.3 is 6.01 Å². The van der Waals surface area contributed by atoms with Crippen LogP contribution in [0.25, 0.3) is 10.9 Å². The highest BCUT2D eigenvalue weighted by Gasteiger charge is 2.14. The number of aryl methyl sites for hydroxylation is 2. The molecule has 0 bridgehead atoms. The van der Waals surface area contributed by atoms with Gasteiger partial charge in [0.15, 0.2) is 5.82 Å². The van der Waals surface area contributed by atoms with Gasteiger partial charge in [0.05, 0.1) is 6.42 Å². The Morgan fingerprint density at radius 1 is 1.35 bits per heavy atom. The lowest BCUT2D eigenvalue weighted by Crippen LogP contribution is -2.15. The van der Waals surface area contributed by atoms with Crippen molar-refractivity contribution >= 4 is 22.8 Å². The zero-order valence-corrected chi connectivity index (χ0v) is 11.2. The molecule has 3 rings (SSSR count). The molecule has 0 saturated heterocycles. The molecule has 2 aromatic heterocycles.